The Morgan fingerprint density at radius 1 is 1.20 bits per heavy atom. The van der Waals surface area contributed by atoms with E-state index in [0.29, 0.717) is 23.7 Å². The van der Waals surface area contributed by atoms with E-state index in [1.807, 2.05) is 44.9 Å². The fourth-order valence-electron chi connectivity index (χ4n) is 5.61. The summed E-state index contributed by atoms with van der Waals surface area (Å²) in [5.74, 6) is 1.05. The monoisotopic (exact) mass is 554 g/mol. The molecule has 0 saturated heterocycles. The van der Waals surface area contributed by atoms with Crippen LogP contribution in [0.4, 0.5) is 10.5 Å². The number of benzene rings is 1. The summed E-state index contributed by atoms with van der Waals surface area (Å²) in [6.07, 6.45) is 3.40. The van der Waals surface area contributed by atoms with Crippen LogP contribution in [-0.2, 0) is 16.0 Å². The number of likely N-dealkylation sites (N-methyl/N-ethyl adjacent to an activating group) is 2. The van der Waals surface area contributed by atoms with Gasteiger partial charge in [-0.2, -0.15) is 0 Å². The molecule has 0 aliphatic heterocycles. The number of nitrogens with zero attached hydrogens (tertiary/aromatic N) is 3. The summed E-state index contributed by atoms with van der Waals surface area (Å²) in [5, 5.41) is 5.70. The Morgan fingerprint density at radius 3 is 2.40 bits per heavy atom. The molecule has 4 N–H and O–H groups in total. The number of ether oxygens (including phenoxy) is 2. The molecule has 2 aliphatic rings. The Kier molecular flexibility index (Phi) is 9.53. The standard InChI is InChI=1S/C30H46N6O4/c1-29(2,3)40-28(38)35-18-10-12-19(13-11-18)39-22-15-14-20-21(26(22)36(9)17-23(37)32-6)16-30(4,5)24(25(20)33-7)27(31)34-8/h14-15,18-19H,7,10-13,16-17H2,1-6,8-9H3,(H2,31,34)(H,32,37)(H,35,38). The molecule has 0 aromatic heterocycles. The number of hydrogen-bond donors (Lipinski definition) is 3. The first kappa shape index (κ1) is 31.0. The maximum Gasteiger partial charge on any atom is 0.407 e. The second kappa shape index (κ2) is 12.3. The first-order valence-corrected chi connectivity index (χ1v) is 13.9. The van der Waals surface area contributed by atoms with Gasteiger partial charge >= 0.3 is 6.09 Å². The molecule has 0 heterocycles. The molecule has 2 aliphatic carbocycles. The molecule has 1 aromatic carbocycles. The van der Waals surface area contributed by atoms with Crippen LogP contribution in [0.15, 0.2) is 27.7 Å². The Morgan fingerprint density at radius 2 is 1.85 bits per heavy atom. The van der Waals surface area contributed by atoms with E-state index in [1.165, 1.54) is 0 Å². The van der Waals surface area contributed by atoms with Crippen LogP contribution in [-0.4, -0.2) is 70.0 Å². The Balaban J connectivity index is 1.93. The lowest BCUT2D eigenvalue weighted by Crippen LogP contribution is -2.42. The highest BCUT2D eigenvalue weighted by atomic mass is 16.6. The maximum absolute atomic E-state index is 12.4. The van der Waals surface area contributed by atoms with Crippen LogP contribution < -0.4 is 26.0 Å². The number of anilines is 1. The van der Waals surface area contributed by atoms with Crippen molar-refractivity contribution in [1.82, 2.24) is 10.6 Å². The van der Waals surface area contributed by atoms with E-state index < -0.39 is 5.60 Å². The molecular weight excluding hydrogens is 508 g/mol. The van der Waals surface area contributed by atoms with Gasteiger partial charge in [0.05, 0.1) is 24.0 Å². The minimum absolute atomic E-state index is 0.0236. The van der Waals surface area contributed by atoms with Gasteiger partial charge in [-0.3, -0.25) is 14.8 Å². The van der Waals surface area contributed by atoms with Gasteiger partial charge in [0.25, 0.3) is 0 Å². The van der Waals surface area contributed by atoms with Crippen molar-refractivity contribution in [3.05, 3.63) is 28.8 Å². The van der Waals surface area contributed by atoms with Crippen LogP contribution in [0.1, 0.15) is 71.4 Å². The van der Waals surface area contributed by atoms with Gasteiger partial charge < -0.3 is 30.7 Å². The van der Waals surface area contributed by atoms with Crippen molar-refractivity contribution >= 4 is 35.9 Å². The molecule has 10 nitrogen and oxygen atoms in total. The average molecular weight is 555 g/mol. The van der Waals surface area contributed by atoms with Crippen molar-refractivity contribution in [2.45, 2.75) is 84.5 Å². The van der Waals surface area contributed by atoms with Crippen LogP contribution >= 0.6 is 0 Å². The molecule has 1 saturated carbocycles. The molecule has 0 spiro atoms. The largest absolute Gasteiger partial charge is 0.488 e. The predicted octanol–water partition coefficient (Wildman–Crippen LogP) is 4.06. The van der Waals surface area contributed by atoms with Crippen LogP contribution in [0.25, 0.3) is 5.70 Å². The van der Waals surface area contributed by atoms with Gasteiger partial charge in [0.1, 0.15) is 17.2 Å². The van der Waals surface area contributed by atoms with Crippen molar-refractivity contribution in [2.24, 2.45) is 21.1 Å². The Labute approximate surface area is 238 Å². The third kappa shape index (κ3) is 7.14. The van der Waals surface area contributed by atoms with E-state index in [-0.39, 0.29) is 36.1 Å². The minimum Gasteiger partial charge on any atom is -0.488 e. The summed E-state index contributed by atoms with van der Waals surface area (Å²) in [4.78, 5) is 35.2. The molecule has 3 rings (SSSR count). The van der Waals surface area contributed by atoms with Crippen molar-refractivity contribution in [3.8, 4) is 5.75 Å². The normalized spacial score (nSPS) is 20.8. The second-order valence-corrected chi connectivity index (χ2v) is 12.3. The topological polar surface area (TPSA) is 131 Å². The number of carbonyl (C=O) groups excluding carboxylic acids is 2. The van der Waals surface area contributed by atoms with Crippen molar-refractivity contribution < 1.29 is 19.1 Å². The van der Waals surface area contributed by atoms with Crippen molar-refractivity contribution in [3.63, 3.8) is 0 Å². The molecular formula is C30H46N6O4. The van der Waals surface area contributed by atoms with Gasteiger partial charge in [0, 0.05) is 38.3 Å². The van der Waals surface area contributed by atoms with Crippen LogP contribution in [0, 0.1) is 5.41 Å². The fraction of sp³-hybridized carbons (Fsp3) is 0.600. The number of rotatable bonds is 8. The molecule has 2 amide bonds. The number of nitrogens with one attached hydrogen (secondary N) is 2. The fourth-order valence-corrected chi connectivity index (χ4v) is 5.61. The SMILES string of the molecule is C=NC1=C(C(N)=NC)C(C)(C)Cc2c1ccc(OC1CCC(NC(=O)OC(C)(C)C)CC1)c2N(C)CC(=O)NC. The first-order valence-electron chi connectivity index (χ1n) is 13.9. The number of nitrogens with two attached hydrogens (primary N) is 1. The lowest BCUT2D eigenvalue weighted by Gasteiger charge is -2.38. The highest BCUT2D eigenvalue weighted by molar-refractivity contribution is 6.06. The van der Waals surface area contributed by atoms with Gasteiger partial charge in [-0.05, 0) is 82.7 Å². The summed E-state index contributed by atoms with van der Waals surface area (Å²) >= 11 is 0. The van der Waals surface area contributed by atoms with E-state index in [4.69, 9.17) is 15.2 Å². The molecule has 0 radical (unpaired) electrons. The number of fused-ring (bicyclic) bond motifs is 1. The zero-order chi connectivity index (χ0) is 29.8. The van der Waals surface area contributed by atoms with Crippen molar-refractivity contribution in [1.29, 1.82) is 0 Å². The van der Waals surface area contributed by atoms with Gasteiger partial charge in [-0.25, -0.2) is 4.79 Å². The summed E-state index contributed by atoms with van der Waals surface area (Å²) in [5.41, 5.74) is 9.79. The number of carbonyl (C=O) groups is 2. The van der Waals surface area contributed by atoms with E-state index in [9.17, 15) is 9.59 Å². The van der Waals surface area contributed by atoms with Gasteiger partial charge in [-0.1, -0.05) is 13.8 Å². The number of aliphatic imine (C=N–C) groups is 2. The highest BCUT2D eigenvalue weighted by Crippen LogP contribution is 2.49. The molecule has 0 unspecified atom stereocenters. The molecule has 40 heavy (non-hydrogen) atoms. The van der Waals surface area contributed by atoms with Gasteiger partial charge in [0.2, 0.25) is 5.91 Å². The predicted molar refractivity (Wildman–Crippen MR) is 161 cm³/mol. The van der Waals surface area contributed by atoms with Crippen molar-refractivity contribution in [2.75, 3.05) is 32.6 Å². The lowest BCUT2D eigenvalue weighted by atomic mass is 9.70. The number of amides is 2. The molecule has 10 heteroatoms. The Bertz CT molecular complexity index is 1190. The van der Waals surface area contributed by atoms with Crippen LogP contribution in [0.2, 0.25) is 0 Å². The maximum atomic E-state index is 12.4. The average Bonchev–Trinajstić information content (AvgIpc) is 2.86. The van der Waals surface area contributed by atoms with E-state index >= 15 is 0 Å². The van der Waals surface area contributed by atoms with E-state index in [2.05, 4.69) is 41.2 Å². The summed E-state index contributed by atoms with van der Waals surface area (Å²) in [7, 11) is 5.20. The highest BCUT2D eigenvalue weighted by Gasteiger charge is 2.38. The molecule has 220 valence electrons. The summed E-state index contributed by atoms with van der Waals surface area (Å²) in [6, 6.07) is 3.99. The van der Waals surface area contributed by atoms with Crippen LogP contribution in [0.5, 0.6) is 5.75 Å². The molecule has 0 atom stereocenters. The zero-order valence-electron chi connectivity index (χ0n) is 25.3. The molecule has 0 bridgehead atoms. The lowest BCUT2D eigenvalue weighted by molar-refractivity contribution is -0.119. The van der Waals surface area contributed by atoms with E-state index in [0.717, 1.165) is 48.1 Å². The summed E-state index contributed by atoms with van der Waals surface area (Å²) < 4.78 is 12.0. The Hall–Kier alpha value is -3.56. The van der Waals surface area contributed by atoms with Crippen LogP contribution in [0.3, 0.4) is 0 Å². The second-order valence-electron chi connectivity index (χ2n) is 12.3. The van der Waals surface area contributed by atoms with E-state index in [1.54, 1.807) is 14.1 Å². The minimum atomic E-state index is -0.533. The smallest absolute Gasteiger partial charge is 0.407 e. The quantitative estimate of drug-likeness (QED) is 0.328. The third-order valence-electron chi connectivity index (χ3n) is 7.42. The molecule has 1 fully saturated rings. The third-order valence-corrected chi connectivity index (χ3v) is 7.42. The summed E-state index contributed by atoms with van der Waals surface area (Å²) in [6.45, 7) is 13.8. The zero-order valence-corrected chi connectivity index (χ0v) is 25.3. The molecule has 1 aromatic rings. The number of hydrogen-bond acceptors (Lipinski definition) is 7. The first-order chi connectivity index (χ1) is 18.7. The van der Waals surface area contributed by atoms with Gasteiger partial charge in [0.15, 0.2) is 0 Å². The number of alkyl carbamates (subject to hydrolysis) is 1. The number of amidine groups is 1. The van der Waals surface area contributed by atoms with Gasteiger partial charge in [-0.15, -0.1) is 0 Å².